The third-order valence-electron chi connectivity index (χ3n) is 7.30. The molecular weight excluding hydrogens is 472 g/mol. The van der Waals surface area contributed by atoms with Gasteiger partial charge in [0.05, 0.1) is 45.5 Å². The van der Waals surface area contributed by atoms with Gasteiger partial charge in [0.2, 0.25) is 0 Å². The lowest BCUT2D eigenvalue weighted by atomic mass is 10.0. The van der Waals surface area contributed by atoms with Crippen LogP contribution in [-0.2, 0) is 19.2 Å². The molecule has 2 saturated heterocycles. The lowest BCUT2D eigenvalue weighted by Crippen LogP contribution is -2.44. The van der Waals surface area contributed by atoms with Gasteiger partial charge in [0.25, 0.3) is 0 Å². The molecule has 1 saturated carbocycles. The van der Waals surface area contributed by atoms with Crippen LogP contribution in [0.1, 0.15) is 45.2 Å². The van der Waals surface area contributed by atoms with Gasteiger partial charge < -0.3 is 14.6 Å². The van der Waals surface area contributed by atoms with Gasteiger partial charge in [0, 0.05) is 35.5 Å². The van der Waals surface area contributed by atoms with Crippen LogP contribution in [0.15, 0.2) is 28.8 Å². The number of fused-ring (bicyclic) bond motifs is 1. The van der Waals surface area contributed by atoms with E-state index in [9.17, 15) is 4.21 Å². The van der Waals surface area contributed by atoms with Crippen molar-refractivity contribution < 1.29 is 8.95 Å². The maximum absolute atomic E-state index is 14.2. The van der Waals surface area contributed by atoms with Gasteiger partial charge in [-0.15, -0.1) is 0 Å². The first-order valence-electron chi connectivity index (χ1n) is 12.0. The Balaban J connectivity index is 1.57. The molecule has 8 nitrogen and oxygen atoms in total. The van der Waals surface area contributed by atoms with Crippen LogP contribution in [0.2, 0.25) is 5.15 Å². The van der Waals surface area contributed by atoms with E-state index < -0.39 is 14.5 Å². The zero-order valence-corrected chi connectivity index (χ0v) is 21.0. The van der Waals surface area contributed by atoms with E-state index in [1.54, 1.807) is 0 Å². The maximum Gasteiger partial charge on any atom is 0.162 e. The van der Waals surface area contributed by atoms with Crippen molar-refractivity contribution in [2.24, 2.45) is 4.36 Å². The van der Waals surface area contributed by atoms with E-state index in [0.29, 0.717) is 35.6 Å². The van der Waals surface area contributed by atoms with Crippen LogP contribution in [0.5, 0.6) is 0 Å². The Hall–Kier alpha value is -2.23. The summed E-state index contributed by atoms with van der Waals surface area (Å²) in [6.07, 6.45) is 5.61. The largest absolute Gasteiger partial charge is 0.377 e. The fraction of sp³-hybridized carbons (Fsp3) is 0.542. The topological polar surface area (TPSA) is 96.4 Å². The van der Waals surface area contributed by atoms with Crippen molar-refractivity contribution in [1.82, 2.24) is 19.9 Å². The number of aromatic amines is 1. The van der Waals surface area contributed by atoms with Gasteiger partial charge >= 0.3 is 0 Å². The van der Waals surface area contributed by atoms with Crippen LogP contribution < -0.4 is 4.90 Å². The normalized spacial score (nSPS) is 29.6. The molecular formula is C24H29ClN6O2S. The average molecular weight is 501 g/mol. The molecule has 3 aliphatic rings. The molecule has 34 heavy (non-hydrogen) atoms. The van der Waals surface area contributed by atoms with Crippen LogP contribution in [-0.4, -0.2) is 61.7 Å². The summed E-state index contributed by atoms with van der Waals surface area (Å²) in [6.45, 7) is 6.25. The monoisotopic (exact) mass is 500 g/mol. The highest BCUT2D eigenvalue weighted by atomic mass is 35.5. The lowest BCUT2D eigenvalue weighted by molar-refractivity contribution is 0.0985. The number of morpholine rings is 1. The first-order chi connectivity index (χ1) is 16.4. The summed E-state index contributed by atoms with van der Waals surface area (Å²) < 4.78 is 24.1. The fourth-order valence-corrected chi connectivity index (χ4v) is 8.21. The number of rotatable bonds is 4. The van der Waals surface area contributed by atoms with Crippen molar-refractivity contribution in [2.75, 3.05) is 30.4 Å². The number of hydrogen-bond donors (Lipinski definition) is 1. The summed E-state index contributed by atoms with van der Waals surface area (Å²) >= 11 is 6.37. The zero-order valence-electron chi connectivity index (χ0n) is 19.5. The number of pyridine rings is 1. The number of anilines is 1. The number of ether oxygens (including phenoxy) is 1. The van der Waals surface area contributed by atoms with Crippen LogP contribution in [0, 0.1) is 0 Å². The van der Waals surface area contributed by atoms with E-state index in [0.717, 1.165) is 54.7 Å². The highest BCUT2D eigenvalue weighted by Gasteiger charge is 2.46. The van der Waals surface area contributed by atoms with E-state index in [2.05, 4.69) is 28.7 Å². The average Bonchev–Trinajstić information content (AvgIpc) is 3.40. The molecule has 3 aromatic rings. The predicted octanol–water partition coefficient (Wildman–Crippen LogP) is 4.54. The third kappa shape index (κ3) is 3.69. The third-order valence-corrected chi connectivity index (χ3v) is 10.8. The van der Waals surface area contributed by atoms with Crippen molar-refractivity contribution in [2.45, 2.75) is 56.4 Å². The van der Waals surface area contributed by atoms with Crippen molar-refractivity contribution in [3.8, 4) is 11.4 Å². The Bertz CT molecular complexity index is 1380. The first kappa shape index (κ1) is 22.2. The Morgan fingerprint density at radius 3 is 2.94 bits per heavy atom. The van der Waals surface area contributed by atoms with Crippen molar-refractivity contribution in [3.63, 3.8) is 0 Å². The van der Waals surface area contributed by atoms with Gasteiger partial charge in [-0.05, 0) is 51.7 Å². The van der Waals surface area contributed by atoms with Crippen LogP contribution in [0.25, 0.3) is 22.4 Å². The minimum atomic E-state index is -2.44. The summed E-state index contributed by atoms with van der Waals surface area (Å²) in [5.74, 6) is 2.03. The molecule has 2 unspecified atom stereocenters. The summed E-state index contributed by atoms with van der Waals surface area (Å²) in [4.78, 5) is 19.9. The second-order valence-electron chi connectivity index (χ2n) is 9.80. The number of aromatic nitrogens is 4. The van der Waals surface area contributed by atoms with Crippen molar-refractivity contribution >= 4 is 38.2 Å². The molecule has 1 N–H and O–H groups in total. The molecule has 180 valence electrons. The Labute approximate surface area is 204 Å². The van der Waals surface area contributed by atoms with Gasteiger partial charge in [0.1, 0.15) is 16.6 Å². The van der Waals surface area contributed by atoms with E-state index >= 15 is 0 Å². The Morgan fingerprint density at radius 1 is 1.29 bits per heavy atom. The smallest absolute Gasteiger partial charge is 0.162 e. The number of H-pyrrole nitrogens is 1. The molecule has 0 aromatic carbocycles. The molecule has 10 heteroatoms. The Morgan fingerprint density at radius 2 is 2.15 bits per heavy atom. The van der Waals surface area contributed by atoms with E-state index in [1.165, 1.54) is 0 Å². The molecule has 1 aliphatic carbocycles. The Kier molecular flexibility index (Phi) is 5.35. The molecule has 3 aromatic heterocycles. The number of hydrogen-bond acceptors (Lipinski definition) is 7. The fourth-order valence-electron chi connectivity index (χ4n) is 5.10. The second kappa shape index (κ2) is 8.17. The van der Waals surface area contributed by atoms with Gasteiger partial charge in [0.15, 0.2) is 5.82 Å². The highest BCUT2D eigenvalue weighted by molar-refractivity contribution is 7.94. The maximum atomic E-state index is 14.2. The molecule has 3 atom stereocenters. The molecule has 6 rings (SSSR count). The minimum absolute atomic E-state index is 0.176. The standard InChI is InChI=1S/C24H29ClN6O2S/c1-15-14-33-10-9-31(15)21-13-19(24(2)7-3-11-34(24,32)30-16-4-5-16)27-23(29-21)18-12-20(25)28-22-17(18)6-8-26-22/h6,8,12-13,15-16H,3-5,7,9-11,14H2,1-2H3,(H,26,28)/t15-,24?,34?/m1/s1. The van der Waals surface area contributed by atoms with Crippen LogP contribution >= 0.6 is 11.6 Å². The van der Waals surface area contributed by atoms with Gasteiger partial charge in [-0.1, -0.05) is 11.6 Å². The summed E-state index contributed by atoms with van der Waals surface area (Å²) in [7, 11) is -2.44. The van der Waals surface area contributed by atoms with Gasteiger partial charge in [-0.25, -0.2) is 23.5 Å². The lowest BCUT2D eigenvalue weighted by Gasteiger charge is -2.35. The first-order valence-corrected chi connectivity index (χ1v) is 14.0. The summed E-state index contributed by atoms with van der Waals surface area (Å²) in [5, 5.41) is 1.28. The van der Waals surface area contributed by atoms with Crippen LogP contribution in [0.4, 0.5) is 5.82 Å². The highest BCUT2D eigenvalue weighted by Crippen LogP contribution is 2.45. The molecule has 0 bridgehead atoms. The van der Waals surface area contributed by atoms with E-state index in [4.69, 9.17) is 30.7 Å². The summed E-state index contributed by atoms with van der Waals surface area (Å²) in [5.41, 5.74) is 2.31. The van der Waals surface area contributed by atoms with Crippen LogP contribution in [0.3, 0.4) is 0 Å². The molecule has 5 heterocycles. The molecule has 2 aliphatic heterocycles. The van der Waals surface area contributed by atoms with Gasteiger partial charge in [-0.3, -0.25) is 0 Å². The molecule has 0 amide bonds. The minimum Gasteiger partial charge on any atom is -0.377 e. The number of nitrogens with zero attached hydrogens (tertiary/aromatic N) is 5. The zero-order chi connectivity index (χ0) is 23.5. The molecule has 0 spiro atoms. The SMILES string of the molecule is C[C@@H]1COCCN1c1cc(C2(C)CCCS2(=O)=NC2CC2)nc(-c2cc(Cl)nc3[nH]ccc23)n1. The summed E-state index contributed by atoms with van der Waals surface area (Å²) in [6, 6.07) is 6.23. The van der Waals surface area contributed by atoms with Crippen molar-refractivity contribution in [3.05, 3.63) is 35.2 Å². The van der Waals surface area contributed by atoms with E-state index in [-0.39, 0.29) is 12.1 Å². The quantitative estimate of drug-likeness (QED) is 0.528. The molecule has 3 fully saturated rings. The van der Waals surface area contributed by atoms with E-state index in [1.807, 2.05) is 24.4 Å². The number of nitrogens with one attached hydrogen (secondary N) is 1. The van der Waals surface area contributed by atoms with Crippen molar-refractivity contribution in [1.29, 1.82) is 0 Å². The predicted molar refractivity (Wildman–Crippen MR) is 135 cm³/mol. The number of halogens is 1. The second-order valence-corrected chi connectivity index (χ2v) is 13.0. The van der Waals surface area contributed by atoms with Gasteiger partial charge in [-0.2, -0.15) is 0 Å². The molecule has 0 radical (unpaired) electrons.